The summed E-state index contributed by atoms with van der Waals surface area (Å²) < 4.78 is 72.1. The Kier molecular flexibility index (Phi) is 5.12. The van der Waals surface area contributed by atoms with Gasteiger partial charge in [-0.1, -0.05) is 41.6 Å². The van der Waals surface area contributed by atoms with E-state index in [1.165, 1.54) is 30.5 Å². The van der Waals surface area contributed by atoms with Crippen LogP contribution in [0.3, 0.4) is 0 Å². The summed E-state index contributed by atoms with van der Waals surface area (Å²) in [5.41, 5.74) is 6.26. The molecule has 4 aromatic heterocycles. The number of rotatable bonds is 2. The van der Waals surface area contributed by atoms with Crippen LogP contribution in [0.1, 0.15) is 40.3 Å². The number of hydrogen-bond donors (Lipinski definition) is 0. The van der Waals surface area contributed by atoms with Gasteiger partial charge in [0.2, 0.25) is 5.71 Å². The van der Waals surface area contributed by atoms with Gasteiger partial charge in [0.25, 0.3) is 0 Å². The molecular formula is C32H27IrN3O-2. The van der Waals surface area contributed by atoms with Crippen molar-refractivity contribution in [3.63, 3.8) is 0 Å². The molecule has 4 heterocycles. The maximum Gasteiger partial charge on any atom is 0.216 e. The average molecular weight is 671 g/mol. The molecule has 0 saturated carbocycles. The third kappa shape index (κ3) is 5.69. The second-order valence-corrected chi connectivity index (χ2v) is 8.32. The molecule has 0 aliphatic heterocycles. The zero-order valence-corrected chi connectivity index (χ0v) is 22.4. The summed E-state index contributed by atoms with van der Waals surface area (Å²) in [6.45, 7) is -2.56. The number of benzene rings is 2. The smallest absolute Gasteiger partial charge is 0.216 e. The quantitative estimate of drug-likeness (QED) is 0.176. The Bertz CT molecular complexity index is 1930. The van der Waals surface area contributed by atoms with E-state index in [-0.39, 0.29) is 36.9 Å². The predicted molar refractivity (Wildman–Crippen MR) is 146 cm³/mol. The van der Waals surface area contributed by atoms with E-state index in [0.717, 1.165) is 33.2 Å². The van der Waals surface area contributed by atoms with Gasteiger partial charge >= 0.3 is 0 Å². The molecule has 0 amide bonds. The molecule has 187 valence electrons. The number of aromatic nitrogens is 3. The summed E-state index contributed by atoms with van der Waals surface area (Å²) in [6, 6.07) is 22.6. The fourth-order valence-electron chi connectivity index (χ4n) is 3.71. The van der Waals surface area contributed by atoms with Gasteiger partial charge in [0.15, 0.2) is 0 Å². The number of aryl methyl sites for hydroxylation is 5. The van der Waals surface area contributed by atoms with E-state index < -0.39 is 20.6 Å². The molecule has 0 bridgehead atoms. The SMILES string of the molecule is [2H]C([2H])([2H])c1c[c-]c(-c2ccc(C([2H])([2H])[2H])cn2)cc1.[2H]C([2H])([2H])c1ccc2c(n1)oc1c(-c3cc(C)c(C)cn3)[c-]ccc12.[Ir]. The Labute approximate surface area is 243 Å². The molecule has 0 unspecified atom stereocenters. The molecule has 37 heavy (non-hydrogen) atoms. The molecule has 0 aliphatic rings. The number of nitrogens with zero attached hydrogens (tertiary/aromatic N) is 3. The van der Waals surface area contributed by atoms with Gasteiger partial charge in [-0.15, -0.1) is 53.6 Å². The second-order valence-electron chi connectivity index (χ2n) is 8.32. The van der Waals surface area contributed by atoms with Crippen LogP contribution in [0.4, 0.5) is 0 Å². The van der Waals surface area contributed by atoms with Crippen molar-refractivity contribution < 1.29 is 36.9 Å². The van der Waals surface area contributed by atoms with Crippen molar-refractivity contribution in [3.05, 3.63) is 113 Å². The Hall–Kier alpha value is -3.66. The number of furan rings is 1. The molecule has 6 rings (SSSR count). The third-order valence-electron chi connectivity index (χ3n) is 5.78. The minimum Gasteiger partial charge on any atom is -0.486 e. The van der Waals surface area contributed by atoms with Crippen molar-refractivity contribution >= 4 is 22.1 Å². The average Bonchev–Trinajstić information content (AvgIpc) is 3.36. The van der Waals surface area contributed by atoms with Crippen LogP contribution in [-0.4, -0.2) is 15.0 Å². The van der Waals surface area contributed by atoms with E-state index >= 15 is 0 Å². The van der Waals surface area contributed by atoms with Gasteiger partial charge in [-0.2, -0.15) is 0 Å². The van der Waals surface area contributed by atoms with Gasteiger partial charge in [0, 0.05) is 55.9 Å². The zero-order valence-electron chi connectivity index (χ0n) is 29.0. The van der Waals surface area contributed by atoms with E-state index in [9.17, 15) is 0 Å². The first-order chi connectivity index (χ1) is 21.0. The largest absolute Gasteiger partial charge is 0.486 e. The van der Waals surface area contributed by atoms with E-state index in [1.54, 1.807) is 18.2 Å². The van der Waals surface area contributed by atoms with Crippen LogP contribution >= 0.6 is 0 Å². The minimum absolute atomic E-state index is 0. The number of hydrogen-bond acceptors (Lipinski definition) is 4. The van der Waals surface area contributed by atoms with E-state index in [4.69, 9.17) is 16.8 Å². The molecule has 0 fully saturated rings. The van der Waals surface area contributed by atoms with Crippen molar-refractivity contribution in [1.29, 1.82) is 0 Å². The van der Waals surface area contributed by atoms with Crippen LogP contribution in [0, 0.1) is 46.5 Å². The van der Waals surface area contributed by atoms with Crippen LogP contribution in [0.25, 0.3) is 44.6 Å². The van der Waals surface area contributed by atoms with Gasteiger partial charge in [-0.05, 0) is 62.2 Å². The van der Waals surface area contributed by atoms with Crippen LogP contribution in [0.15, 0.2) is 77.5 Å². The van der Waals surface area contributed by atoms with Gasteiger partial charge in [0.1, 0.15) is 0 Å². The van der Waals surface area contributed by atoms with Crippen molar-refractivity contribution in [2.45, 2.75) is 34.4 Å². The molecule has 6 aromatic rings. The van der Waals surface area contributed by atoms with Crippen molar-refractivity contribution in [2.24, 2.45) is 0 Å². The standard InChI is InChI=1S/C19H15N2O.C13H12N.Ir/c1-11-9-17(20-10-12(11)2)16-6-4-5-14-15-8-7-13(3)21-19(15)22-18(14)16;1-10-3-6-12(7-4-10)13-8-5-11(2)9-14-13;/h4-5,7-10H,1-3H3;3-6,8-9H,1-2H3;/q2*-1;/i3D3;1D3,2D3;. The first-order valence-electron chi connectivity index (χ1n) is 15.7. The van der Waals surface area contributed by atoms with E-state index in [1.807, 2.05) is 38.2 Å². The molecule has 0 N–H and O–H groups in total. The number of fused-ring (bicyclic) bond motifs is 3. The Morgan fingerprint density at radius 3 is 2.32 bits per heavy atom. The first kappa shape index (κ1) is 17.0. The van der Waals surface area contributed by atoms with Crippen molar-refractivity contribution in [1.82, 2.24) is 15.0 Å². The zero-order chi connectivity index (χ0) is 32.7. The van der Waals surface area contributed by atoms with Gasteiger partial charge < -0.3 is 14.4 Å². The maximum absolute atomic E-state index is 7.52. The monoisotopic (exact) mass is 671 g/mol. The molecule has 1 radical (unpaired) electrons. The minimum atomic E-state index is -2.27. The van der Waals surface area contributed by atoms with Crippen molar-refractivity contribution in [2.75, 3.05) is 0 Å². The van der Waals surface area contributed by atoms with Gasteiger partial charge in [-0.25, -0.2) is 4.98 Å². The normalized spacial score (nSPS) is 15.2. The second kappa shape index (κ2) is 11.2. The number of pyridine rings is 3. The Morgan fingerprint density at radius 1 is 0.784 bits per heavy atom. The first-order valence-corrected chi connectivity index (χ1v) is 11.2. The summed E-state index contributed by atoms with van der Waals surface area (Å²) >= 11 is 0. The predicted octanol–water partition coefficient (Wildman–Crippen LogP) is 7.93. The fraction of sp³-hybridized carbons (Fsp3) is 0.156. The van der Waals surface area contributed by atoms with Crippen LogP contribution < -0.4 is 0 Å². The molecule has 0 atom stereocenters. The Morgan fingerprint density at radius 2 is 1.62 bits per heavy atom. The molecule has 2 aromatic carbocycles. The van der Waals surface area contributed by atoms with Gasteiger partial charge in [-0.3, -0.25) is 0 Å². The van der Waals surface area contributed by atoms with Crippen molar-refractivity contribution in [3.8, 4) is 22.5 Å². The molecular weight excluding hydrogens is 635 g/mol. The molecule has 5 heteroatoms. The molecule has 0 aliphatic carbocycles. The molecule has 0 spiro atoms. The van der Waals surface area contributed by atoms with Crippen LogP contribution in [0.2, 0.25) is 0 Å². The molecule has 4 nitrogen and oxygen atoms in total. The maximum atomic E-state index is 7.52. The molecule has 0 saturated heterocycles. The Balaban J connectivity index is 0.000000210. The van der Waals surface area contributed by atoms with E-state index in [0.29, 0.717) is 22.6 Å². The van der Waals surface area contributed by atoms with Crippen LogP contribution in [0.5, 0.6) is 0 Å². The van der Waals surface area contributed by atoms with Gasteiger partial charge in [0.05, 0.1) is 5.58 Å². The summed E-state index contributed by atoms with van der Waals surface area (Å²) in [6.07, 6.45) is 3.12. The summed E-state index contributed by atoms with van der Waals surface area (Å²) in [5, 5.41) is 1.65. The summed E-state index contributed by atoms with van der Waals surface area (Å²) in [4.78, 5) is 12.7. The van der Waals surface area contributed by atoms with E-state index in [2.05, 4.69) is 27.1 Å². The summed E-state index contributed by atoms with van der Waals surface area (Å²) in [7, 11) is 0. The summed E-state index contributed by atoms with van der Waals surface area (Å²) in [5.74, 6) is 0. The van der Waals surface area contributed by atoms with Crippen LogP contribution in [-0.2, 0) is 20.1 Å². The topological polar surface area (TPSA) is 51.8 Å². The third-order valence-corrected chi connectivity index (χ3v) is 5.78. The fourth-order valence-corrected chi connectivity index (χ4v) is 3.71.